The van der Waals surface area contributed by atoms with Crippen LogP contribution < -0.4 is 10.9 Å². The van der Waals surface area contributed by atoms with Crippen LogP contribution in [0.25, 0.3) is 5.69 Å². The van der Waals surface area contributed by atoms with Gasteiger partial charge in [-0.1, -0.05) is 22.9 Å². The van der Waals surface area contributed by atoms with E-state index in [1.54, 1.807) is 16.8 Å². The Morgan fingerprint density at radius 1 is 1.03 bits per heavy atom. The molecule has 1 aromatic heterocycles. The summed E-state index contributed by atoms with van der Waals surface area (Å²) in [7, 11) is 0. The first kappa shape index (κ1) is 22.9. The molecule has 33 heavy (non-hydrogen) atoms. The van der Waals surface area contributed by atoms with Crippen molar-refractivity contribution < 1.29 is 13.6 Å². The second-order valence-electron chi connectivity index (χ2n) is 8.49. The average Bonchev–Trinajstić information content (AvgIpc) is 2.77. The molecule has 7 heteroatoms. The van der Waals surface area contributed by atoms with Crippen LogP contribution in [0.2, 0.25) is 0 Å². The molecule has 3 aromatic rings. The van der Waals surface area contributed by atoms with E-state index in [2.05, 4.69) is 10.5 Å². The summed E-state index contributed by atoms with van der Waals surface area (Å²) in [4.78, 5) is 18.6. The van der Waals surface area contributed by atoms with Crippen LogP contribution in [0.1, 0.15) is 40.7 Å². The number of oxime groups is 1. The molecule has 0 aliphatic carbocycles. The molecule has 0 spiro atoms. The lowest BCUT2D eigenvalue weighted by atomic mass is 10.0. The summed E-state index contributed by atoms with van der Waals surface area (Å²) in [6.45, 7) is 7.53. The highest BCUT2D eigenvalue weighted by Gasteiger charge is 2.19. The van der Waals surface area contributed by atoms with Crippen LogP contribution in [0.4, 0.5) is 8.78 Å². The summed E-state index contributed by atoms with van der Waals surface area (Å²) < 4.78 is 29.9. The van der Waals surface area contributed by atoms with Crippen molar-refractivity contribution in [2.24, 2.45) is 5.16 Å². The molecular formula is C26H27F2N3O2. The molecule has 1 aliphatic heterocycles. The van der Waals surface area contributed by atoms with Crippen LogP contribution in [0.15, 0.2) is 58.6 Å². The van der Waals surface area contributed by atoms with Crippen molar-refractivity contribution in [3.05, 3.63) is 98.5 Å². The van der Waals surface area contributed by atoms with Gasteiger partial charge in [-0.05, 0) is 76.0 Å². The second-order valence-corrected chi connectivity index (χ2v) is 8.49. The lowest BCUT2D eigenvalue weighted by Gasteiger charge is -2.21. The van der Waals surface area contributed by atoms with Crippen LogP contribution in [0, 0.1) is 32.4 Å². The van der Waals surface area contributed by atoms with E-state index >= 15 is 0 Å². The Hall–Kier alpha value is -3.32. The van der Waals surface area contributed by atoms with Gasteiger partial charge in [0.15, 0.2) is 0 Å². The van der Waals surface area contributed by atoms with E-state index in [9.17, 15) is 13.6 Å². The summed E-state index contributed by atoms with van der Waals surface area (Å²) >= 11 is 0. The minimum absolute atomic E-state index is 0.0998. The Balaban J connectivity index is 1.84. The zero-order chi connectivity index (χ0) is 23.5. The molecule has 0 bridgehead atoms. The summed E-state index contributed by atoms with van der Waals surface area (Å²) in [5, 5.41) is 7.57. The monoisotopic (exact) mass is 451 g/mol. The lowest BCUT2D eigenvalue weighted by molar-refractivity contribution is 0.0378. The van der Waals surface area contributed by atoms with E-state index in [0.717, 1.165) is 54.4 Å². The van der Waals surface area contributed by atoms with E-state index in [0.29, 0.717) is 5.56 Å². The molecule has 2 heterocycles. The molecule has 1 saturated heterocycles. The maximum atomic E-state index is 14.8. The maximum Gasteiger partial charge on any atom is 0.255 e. The highest BCUT2D eigenvalue weighted by Crippen LogP contribution is 2.22. The van der Waals surface area contributed by atoms with Crippen molar-refractivity contribution in [2.75, 3.05) is 13.1 Å². The molecule has 0 atom stereocenters. The largest absolute Gasteiger partial charge is 0.392 e. The third-order valence-electron chi connectivity index (χ3n) is 5.83. The molecule has 2 aromatic carbocycles. The molecule has 1 N–H and O–H groups in total. The quantitative estimate of drug-likeness (QED) is 0.457. The number of nitrogens with one attached hydrogen (secondary N) is 1. The van der Waals surface area contributed by atoms with Gasteiger partial charge >= 0.3 is 0 Å². The number of hydrogen-bond acceptors (Lipinski definition) is 4. The number of pyridine rings is 1. The highest BCUT2D eigenvalue weighted by molar-refractivity contribution is 6.12. The molecule has 1 aliphatic rings. The summed E-state index contributed by atoms with van der Waals surface area (Å²) in [5.74, 6) is -1.42. The number of aryl methyl sites for hydroxylation is 3. The van der Waals surface area contributed by atoms with Crippen molar-refractivity contribution in [1.29, 1.82) is 0 Å². The predicted octanol–water partition coefficient (Wildman–Crippen LogP) is 4.56. The van der Waals surface area contributed by atoms with Crippen molar-refractivity contribution in [3.63, 3.8) is 0 Å². The Morgan fingerprint density at radius 2 is 1.73 bits per heavy atom. The summed E-state index contributed by atoms with van der Waals surface area (Å²) in [5.41, 5.74) is 4.36. The lowest BCUT2D eigenvalue weighted by Crippen LogP contribution is -2.31. The predicted molar refractivity (Wildman–Crippen MR) is 125 cm³/mol. The first-order chi connectivity index (χ1) is 15.8. The molecule has 0 saturated carbocycles. The van der Waals surface area contributed by atoms with Gasteiger partial charge in [0, 0.05) is 29.5 Å². The number of piperidine rings is 1. The third kappa shape index (κ3) is 5.03. The minimum atomic E-state index is -0.747. The molecule has 1 fully saturated rings. The summed E-state index contributed by atoms with van der Waals surface area (Å²) in [6, 6.07) is 10.4. The Bertz CT molecular complexity index is 1240. The Labute approximate surface area is 191 Å². The normalized spacial score (nSPS) is 15.0. The van der Waals surface area contributed by atoms with E-state index < -0.39 is 11.6 Å². The van der Waals surface area contributed by atoms with E-state index in [1.165, 1.54) is 18.2 Å². The number of nitrogens with zero attached hydrogens (tertiary/aromatic N) is 2. The molecule has 0 radical (unpaired) electrons. The van der Waals surface area contributed by atoms with Crippen molar-refractivity contribution >= 4 is 5.71 Å². The van der Waals surface area contributed by atoms with Gasteiger partial charge in [-0.3, -0.25) is 9.36 Å². The van der Waals surface area contributed by atoms with E-state index in [1.807, 2.05) is 32.9 Å². The molecule has 0 unspecified atom stereocenters. The van der Waals surface area contributed by atoms with Gasteiger partial charge in [0.05, 0.1) is 5.69 Å². The topological polar surface area (TPSA) is 55.6 Å². The molecule has 5 nitrogen and oxygen atoms in total. The molecule has 0 amide bonds. The first-order valence-corrected chi connectivity index (χ1v) is 11.0. The second kappa shape index (κ2) is 9.67. The average molecular weight is 452 g/mol. The van der Waals surface area contributed by atoms with Gasteiger partial charge in [0.1, 0.15) is 23.5 Å². The smallest absolute Gasteiger partial charge is 0.255 e. The number of hydrogen-bond donors (Lipinski definition) is 1. The van der Waals surface area contributed by atoms with Gasteiger partial charge in [0.2, 0.25) is 0 Å². The Kier molecular flexibility index (Phi) is 6.70. The number of rotatable bonds is 5. The molecule has 172 valence electrons. The molecular weight excluding hydrogens is 424 g/mol. The van der Waals surface area contributed by atoms with Crippen LogP contribution >= 0.6 is 0 Å². The Morgan fingerprint density at radius 3 is 2.39 bits per heavy atom. The fraction of sp³-hybridized carbons (Fsp3) is 0.308. The van der Waals surface area contributed by atoms with Gasteiger partial charge in [-0.2, -0.15) is 0 Å². The first-order valence-electron chi connectivity index (χ1n) is 11.0. The van der Waals surface area contributed by atoms with Crippen LogP contribution in [-0.4, -0.2) is 29.5 Å². The number of aromatic nitrogens is 1. The van der Waals surface area contributed by atoms with Crippen LogP contribution in [0.3, 0.4) is 0 Å². The van der Waals surface area contributed by atoms with Gasteiger partial charge in [-0.25, -0.2) is 8.78 Å². The minimum Gasteiger partial charge on any atom is -0.392 e. The van der Waals surface area contributed by atoms with Crippen molar-refractivity contribution in [2.45, 2.75) is 39.7 Å². The van der Waals surface area contributed by atoms with Crippen molar-refractivity contribution in [1.82, 2.24) is 9.88 Å². The standard InChI is InChI=1S/C26H27F2N3O2/c1-16-12-17(2)26(18(3)13-16)31-15-19(4-7-24(31)32)25(22-6-5-20(27)14-23(22)28)30-33-21-8-10-29-11-9-21/h4-7,12-15,21,29H,8-11H2,1-3H3/b30-25-. The fourth-order valence-corrected chi connectivity index (χ4v) is 4.32. The maximum absolute atomic E-state index is 14.8. The fourth-order valence-electron chi connectivity index (χ4n) is 4.32. The van der Waals surface area contributed by atoms with Gasteiger partial charge in [-0.15, -0.1) is 0 Å². The van der Waals surface area contributed by atoms with Crippen molar-refractivity contribution in [3.8, 4) is 5.69 Å². The van der Waals surface area contributed by atoms with E-state index in [4.69, 9.17) is 4.84 Å². The van der Waals surface area contributed by atoms with E-state index in [-0.39, 0.29) is 22.9 Å². The number of benzene rings is 2. The highest BCUT2D eigenvalue weighted by atomic mass is 19.1. The SMILES string of the molecule is Cc1cc(C)c(-n2cc(/C(=N/OC3CCNCC3)c3ccc(F)cc3F)ccc2=O)c(C)c1. The zero-order valence-corrected chi connectivity index (χ0v) is 19.0. The van der Waals surface area contributed by atoms with Gasteiger partial charge in [0.25, 0.3) is 5.56 Å². The van der Waals surface area contributed by atoms with Gasteiger partial charge < -0.3 is 10.2 Å². The van der Waals surface area contributed by atoms with Crippen LogP contribution in [-0.2, 0) is 4.84 Å². The molecule has 4 rings (SSSR count). The van der Waals surface area contributed by atoms with Crippen LogP contribution in [0.5, 0.6) is 0 Å². The third-order valence-corrected chi connectivity index (χ3v) is 5.83. The zero-order valence-electron chi connectivity index (χ0n) is 19.0. The number of halogens is 2. The summed E-state index contributed by atoms with van der Waals surface area (Å²) in [6.07, 6.45) is 3.10.